The van der Waals surface area contributed by atoms with E-state index in [1.54, 1.807) is 0 Å². The summed E-state index contributed by atoms with van der Waals surface area (Å²) in [4.78, 5) is 0. The Hall–Kier alpha value is -1.76. The first-order chi connectivity index (χ1) is 9.17. The van der Waals surface area contributed by atoms with E-state index in [1.807, 2.05) is 12.1 Å². The van der Waals surface area contributed by atoms with Crippen LogP contribution in [0.4, 0.5) is 0 Å². The Kier molecular flexibility index (Phi) is 2.12. The van der Waals surface area contributed by atoms with Gasteiger partial charge in [0.05, 0.1) is 0 Å². The summed E-state index contributed by atoms with van der Waals surface area (Å²) in [5.74, 6) is 1.00. The van der Waals surface area contributed by atoms with Crippen LogP contribution < -0.4 is 0 Å². The smallest absolute Gasteiger partial charge is 0.116 e. The average Bonchev–Trinajstić information content (AvgIpc) is 2.79. The number of benzene rings is 2. The molecule has 1 heteroatoms. The molecular weight excluding hydrogens is 232 g/mol. The summed E-state index contributed by atoms with van der Waals surface area (Å²) in [5, 5.41) is 12.1. The first-order valence-electron chi connectivity index (χ1n) is 7.10. The van der Waals surface area contributed by atoms with Crippen LogP contribution in [0.25, 0.3) is 10.8 Å². The third-order valence-corrected chi connectivity index (χ3v) is 5.11. The minimum absolute atomic E-state index is 0.357. The predicted molar refractivity (Wildman–Crippen MR) is 78.5 cm³/mol. The van der Waals surface area contributed by atoms with Gasteiger partial charge in [0, 0.05) is 0 Å². The first-order valence-corrected chi connectivity index (χ1v) is 7.10. The number of allylic oxidation sites excluding steroid dienone is 2. The largest absolute Gasteiger partial charge is 0.508 e. The van der Waals surface area contributed by atoms with Crippen LogP contribution in [0.2, 0.25) is 0 Å². The number of hydrogen-bond donors (Lipinski definition) is 1. The summed E-state index contributed by atoms with van der Waals surface area (Å²) in [7, 11) is 0. The Morgan fingerprint density at radius 2 is 2.11 bits per heavy atom. The van der Waals surface area contributed by atoms with E-state index in [9.17, 15) is 5.11 Å². The highest BCUT2D eigenvalue weighted by atomic mass is 16.3. The molecule has 1 N–H and O–H groups in total. The maximum absolute atomic E-state index is 9.62. The molecule has 0 spiro atoms. The fraction of sp³-hybridized carbons (Fsp3) is 0.333. The summed E-state index contributed by atoms with van der Waals surface area (Å²) in [6, 6.07) is 10.2. The molecular formula is C18H18O. The van der Waals surface area contributed by atoms with Gasteiger partial charge >= 0.3 is 0 Å². The van der Waals surface area contributed by atoms with E-state index in [0.29, 0.717) is 17.1 Å². The molecule has 0 amide bonds. The molecule has 2 atom stereocenters. The van der Waals surface area contributed by atoms with Crippen molar-refractivity contribution in [2.75, 3.05) is 0 Å². The monoisotopic (exact) mass is 250 g/mol. The molecule has 2 unspecified atom stereocenters. The van der Waals surface area contributed by atoms with E-state index in [0.717, 1.165) is 11.8 Å². The number of phenols is 1. The highest BCUT2D eigenvalue weighted by Crippen LogP contribution is 2.53. The van der Waals surface area contributed by atoms with Crippen LogP contribution in [0.1, 0.15) is 36.8 Å². The molecule has 0 aliphatic heterocycles. The van der Waals surface area contributed by atoms with E-state index in [-0.39, 0.29) is 0 Å². The van der Waals surface area contributed by atoms with Crippen molar-refractivity contribution in [3.8, 4) is 5.75 Å². The third kappa shape index (κ3) is 1.48. The van der Waals surface area contributed by atoms with Gasteiger partial charge in [-0.1, -0.05) is 37.3 Å². The summed E-state index contributed by atoms with van der Waals surface area (Å²) in [6.45, 7) is 2.39. The van der Waals surface area contributed by atoms with Crippen LogP contribution in [-0.2, 0) is 6.42 Å². The van der Waals surface area contributed by atoms with Crippen molar-refractivity contribution in [2.24, 2.45) is 5.41 Å². The normalized spacial score (nSPS) is 28.4. The predicted octanol–water partition coefficient (Wildman–Crippen LogP) is 4.54. The molecule has 0 bridgehead atoms. The van der Waals surface area contributed by atoms with Gasteiger partial charge < -0.3 is 5.11 Å². The zero-order valence-electron chi connectivity index (χ0n) is 11.2. The van der Waals surface area contributed by atoms with Gasteiger partial charge in [-0.25, -0.2) is 0 Å². The van der Waals surface area contributed by atoms with Gasteiger partial charge in [0.15, 0.2) is 0 Å². The lowest BCUT2D eigenvalue weighted by atomic mass is 9.66. The Balaban J connectivity index is 1.96. The lowest BCUT2D eigenvalue weighted by Crippen LogP contribution is -2.26. The van der Waals surface area contributed by atoms with Crippen molar-refractivity contribution >= 4 is 10.8 Å². The van der Waals surface area contributed by atoms with Crippen LogP contribution in [0.15, 0.2) is 42.5 Å². The maximum atomic E-state index is 9.62. The van der Waals surface area contributed by atoms with E-state index in [2.05, 4.69) is 37.3 Å². The van der Waals surface area contributed by atoms with E-state index in [1.165, 1.54) is 29.4 Å². The molecule has 19 heavy (non-hydrogen) atoms. The summed E-state index contributed by atoms with van der Waals surface area (Å²) < 4.78 is 0. The molecule has 0 aromatic heterocycles. The van der Waals surface area contributed by atoms with Crippen LogP contribution in [0.3, 0.4) is 0 Å². The molecule has 0 radical (unpaired) electrons. The number of rotatable bonds is 0. The molecule has 4 rings (SSSR count). The molecule has 1 nitrogen and oxygen atoms in total. The molecule has 0 fully saturated rings. The van der Waals surface area contributed by atoms with Crippen molar-refractivity contribution in [1.29, 1.82) is 0 Å². The summed E-state index contributed by atoms with van der Waals surface area (Å²) in [6.07, 6.45) is 8.32. The lowest BCUT2D eigenvalue weighted by Gasteiger charge is -2.38. The molecule has 0 saturated carbocycles. The topological polar surface area (TPSA) is 20.2 Å². The fourth-order valence-corrected chi connectivity index (χ4v) is 4.00. The van der Waals surface area contributed by atoms with Gasteiger partial charge in [-0.15, -0.1) is 0 Å². The van der Waals surface area contributed by atoms with Gasteiger partial charge in [-0.3, -0.25) is 0 Å². The average molecular weight is 250 g/mol. The Morgan fingerprint density at radius 1 is 1.21 bits per heavy atom. The molecule has 0 saturated heterocycles. The van der Waals surface area contributed by atoms with Crippen LogP contribution in [0.5, 0.6) is 5.75 Å². The van der Waals surface area contributed by atoms with E-state index in [4.69, 9.17) is 0 Å². The number of hydrogen-bond acceptors (Lipinski definition) is 1. The quantitative estimate of drug-likeness (QED) is 0.680. The highest BCUT2D eigenvalue weighted by Gasteiger charge is 2.40. The minimum Gasteiger partial charge on any atom is -0.508 e. The number of aryl methyl sites for hydroxylation is 1. The zero-order chi connectivity index (χ0) is 13.0. The second kappa shape index (κ2) is 3.63. The van der Waals surface area contributed by atoms with Crippen LogP contribution >= 0.6 is 0 Å². The SMILES string of the molecule is CC12C=CCC1c1ccc3cc(O)ccc3c1CC2. The highest BCUT2D eigenvalue weighted by molar-refractivity contribution is 5.88. The van der Waals surface area contributed by atoms with Gasteiger partial charge in [-0.05, 0) is 64.6 Å². The Labute approximate surface area is 113 Å². The van der Waals surface area contributed by atoms with Gasteiger partial charge in [0.25, 0.3) is 0 Å². The fourth-order valence-electron chi connectivity index (χ4n) is 4.00. The Bertz CT molecular complexity index is 698. The zero-order valence-corrected chi connectivity index (χ0v) is 11.2. The summed E-state index contributed by atoms with van der Waals surface area (Å²) in [5.41, 5.74) is 3.39. The van der Waals surface area contributed by atoms with E-state index < -0.39 is 0 Å². The number of phenolic OH excluding ortho intramolecular Hbond substituents is 1. The number of fused-ring (bicyclic) bond motifs is 5. The molecule has 2 aromatic rings. The third-order valence-electron chi connectivity index (χ3n) is 5.11. The second-order valence-corrected chi connectivity index (χ2v) is 6.24. The molecule has 96 valence electrons. The Morgan fingerprint density at radius 3 is 3.00 bits per heavy atom. The van der Waals surface area contributed by atoms with Crippen molar-refractivity contribution in [2.45, 2.75) is 32.1 Å². The van der Waals surface area contributed by atoms with E-state index >= 15 is 0 Å². The maximum Gasteiger partial charge on any atom is 0.116 e. The van der Waals surface area contributed by atoms with Crippen LogP contribution in [0, 0.1) is 5.41 Å². The summed E-state index contributed by atoms with van der Waals surface area (Å²) >= 11 is 0. The van der Waals surface area contributed by atoms with Gasteiger partial charge in [0.1, 0.15) is 5.75 Å². The van der Waals surface area contributed by atoms with Crippen LogP contribution in [-0.4, -0.2) is 5.11 Å². The second-order valence-electron chi connectivity index (χ2n) is 6.24. The van der Waals surface area contributed by atoms with Crippen molar-refractivity contribution < 1.29 is 5.11 Å². The number of aromatic hydroxyl groups is 1. The van der Waals surface area contributed by atoms with Gasteiger partial charge in [0.2, 0.25) is 0 Å². The van der Waals surface area contributed by atoms with Crippen molar-refractivity contribution in [3.05, 3.63) is 53.6 Å². The first kappa shape index (κ1) is 11.1. The van der Waals surface area contributed by atoms with Crippen molar-refractivity contribution in [1.82, 2.24) is 0 Å². The molecule has 0 heterocycles. The lowest BCUT2D eigenvalue weighted by molar-refractivity contribution is 0.312. The van der Waals surface area contributed by atoms with Crippen molar-refractivity contribution in [3.63, 3.8) is 0 Å². The minimum atomic E-state index is 0.357. The molecule has 2 aliphatic carbocycles. The molecule has 2 aromatic carbocycles. The standard InChI is InChI=1S/C18H18O/c1-18-9-2-3-17(18)16-6-4-12-11-13(19)5-7-14(12)15(16)8-10-18/h2,4-7,9,11,17,19H,3,8,10H2,1H3. The van der Waals surface area contributed by atoms with Gasteiger partial charge in [-0.2, -0.15) is 0 Å². The molecule has 2 aliphatic rings.